The fourth-order valence-corrected chi connectivity index (χ4v) is 7.93. The average molecular weight is 835 g/mol. The van der Waals surface area contributed by atoms with E-state index in [1.54, 1.807) is 0 Å². The monoisotopic (exact) mass is 835 g/mol. The van der Waals surface area contributed by atoms with Crippen molar-refractivity contribution in [2.75, 3.05) is 13.2 Å². The molecule has 6 nitrogen and oxygen atoms in total. The zero-order valence-electron chi connectivity index (χ0n) is 40.4. The summed E-state index contributed by atoms with van der Waals surface area (Å²) in [6.45, 7) is 11.4. The third-order valence-electron chi connectivity index (χ3n) is 12.7. The van der Waals surface area contributed by atoms with E-state index in [0.717, 1.165) is 69.6 Å². The summed E-state index contributed by atoms with van der Waals surface area (Å²) < 4.78 is 16.8. The van der Waals surface area contributed by atoms with Crippen LogP contribution in [0, 0.1) is 11.8 Å². The van der Waals surface area contributed by atoms with Gasteiger partial charge in [-0.3, -0.25) is 14.4 Å². The van der Waals surface area contributed by atoms with Gasteiger partial charge in [-0.15, -0.1) is 0 Å². The quantitative estimate of drug-likeness (QED) is 0.0345. The molecule has 0 amide bonds. The molecule has 0 saturated carbocycles. The molecule has 2 unspecified atom stereocenters. The molecule has 0 bridgehead atoms. The third kappa shape index (κ3) is 44.3. The van der Waals surface area contributed by atoms with Crippen molar-refractivity contribution >= 4 is 17.9 Å². The normalized spacial score (nSPS) is 13.0. The van der Waals surface area contributed by atoms with Crippen molar-refractivity contribution in [2.45, 2.75) is 298 Å². The molecule has 0 aliphatic rings. The smallest absolute Gasteiger partial charge is 0.306 e. The Morgan fingerprint density at radius 3 is 0.881 bits per heavy atom. The lowest BCUT2D eigenvalue weighted by atomic mass is 9.99. The summed E-state index contributed by atoms with van der Waals surface area (Å²) in [6.07, 6.45) is 46.4. The summed E-state index contributed by atoms with van der Waals surface area (Å²) in [5.41, 5.74) is 0. The zero-order valence-corrected chi connectivity index (χ0v) is 40.4. The minimum atomic E-state index is -0.762. The molecule has 0 aliphatic carbocycles. The van der Waals surface area contributed by atoms with Crippen molar-refractivity contribution in [3.63, 3.8) is 0 Å². The summed E-state index contributed by atoms with van der Waals surface area (Å²) in [5.74, 6) is 0.867. The van der Waals surface area contributed by atoms with E-state index in [-0.39, 0.29) is 31.1 Å². The van der Waals surface area contributed by atoms with Gasteiger partial charge in [0.15, 0.2) is 6.10 Å². The summed E-state index contributed by atoms with van der Waals surface area (Å²) in [6, 6.07) is 0. The van der Waals surface area contributed by atoms with Crippen LogP contribution in [0.1, 0.15) is 291 Å². The van der Waals surface area contributed by atoms with Gasteiger partial charge in [-0.1, -0.05) is 253 Å². The lowest BCUT2D eigenvalue weighted by Gasteiger charge is -2.18. The first kappa shape index (κ1) is 57.4. The molecular formula is C53H102O6. The molecule has 3 atom stereocenters. The van der Waals surface area contributed by atoms with Crippen molar-refractivity contribution in [2.24, 2.45) is 11.8 Å². The molecule has 0 heterocycles. The van der Waals surface area contributed by atoms with Crippen LogP contribution in [0.4, 0.5) is 0 Å². The van der Waals surface area contributed by atoms with Gasteiger partial charge < -0.3 is 14.2 Å². The van der Waals surface area contributed by atoms with Crippen LogP contribution in [-0.2, 0) is 28.6 Å². The van der Waals surface area contributed by atoms with Crippen LogP contribution in [0.5, 0.6) is 0 Å². The molecule has 0 aromatic rings. The van der Waals surface area contributed by atoms with Gasteiger partial charge in [0.1, 0.15) is 13.2 Å². The number of carbonyl (C=O) groups excluding carboxylic acids is 3. The van der Waals surface area contributed by atoms with Crippen LogP contribution in [0.25, 0.3) is 0 Å². The topological polar surface area (TPSA) is 78.9 Å². The van der Waals surface area contributed by atoms with E-state index in [0.29, 0.717) is 19.3 Å². The second-order valence-electron chi connectivity index (χ2n) is 18.6. The Kier molecular flexibility index (Phi) is 44.7. The van der Waals surface area contributed by atoms with Crippen LogP contribution in [0.2, 0.25) is 0 Å². The highest BCUT2D eigenvalue weighted by atomic mass is 16.6. The molecule has 0 spiro atoms. The Balaban J connectivity index is 4.33. The van der Waals surface area contributed by atoms with Crippen molar-refractivity contribution in [1.82, 2.24) is 0 Å². The van der Waals surface area contributed by atoms with Crippen LogP contribution < -0.4 is 0 Å². The number of hydrogen-bond acceptors (Lipinski definition) is 6. The van der Waals surface area contributed by atoms with Gasteiger partial charge >= 0.3 is 17.9 Å². The predicted octanol–water partition coefficient (Wildman–Crippen LogP) is 16.9. The van der Waals surface area contributed by atoms with E-state index < -0.39 is 6.10 Å². The van der Waals surface area contributed by atoms with E-state index in [1.807, 2.05) is 0 Å². The Bertz CT molecular complexity index is 904. The van der Waals surface area contributed by atoms with Crippen LogP contribution in [-0.4, -0.2) is 37.2 Å². The Morgan fingerprint density at radius 2 is 0.593 bits per heavy atom. The molecule has 0 radical (unpaired) electrons. The van der Waals surface area contributed by atoms with Gasteiger partial charge in [0, 0.05) is 19.3 Å². The third-order valence-corrected chi connectivity index (χ3v) is 12.7. The summed E-state index contributed by atoms with van der Waals surface area (Å²) in [7, 11) is 0. The molecule has 350 valence electrons. The van der Waals surface area contributed by atoms with Crippen molar-refractivity contribution < 1.29 is 28.6 Å². The number of ether oxygens (including phenoxy) is 3. The zero-order chi connectivity index (χ0) is 43.3. The lowest BCUT2D eigenvalue weighted by molar-refractivity contribution is -0.167. The molecule has 0 aromatic carbocycles. The minimum Gasteiger partial charge on any atom is -0.462 e. The fourth-order valence-electron chi connectivity index (χ4n) is 7.93. The maximum atomic E-state index is 12.8. The molecule has 0 saturated heterocycles. The number of hydrogen-bond donors (Lipinski definition) is 0. The first-order chi connectivity index (χ1) is 28.8. The highest BCUT2D eigenvalue weighted by Gasteiger charge is 2.19. The fraction of sp³-hybridized carbons (Fsp3) is 0.943. The van der Waals surface area contributed by atoms with Crippen LogP contribution in [0.3, 0.4) is 0 Å². The summed E-state index contributed by atoms with van der Waals surface area (Å²) >= 11 is 0. The van der Waals surface area contributed by atoms with Gasteiger partial charge in [-0.25, -0.2) is 0 Å². The molecular weight excluding hydrogens is 733 g/mol. The van der Waals surface area contributed by atoms with Crippen molar-refractivity contribution in [3.05, 3.63) is 0 Å². The Morgan fingerprint density at radius 1 is 0.339 bits per heavy atom. The van der Waals surface area contributed by atoms with E-state index in [4.69, 9.17) is 14.2 Å². The van der Waals surface area contributed by atoms with E-state index >= 15 is 0 Å². The maximum Gasteiger partial charge on any atom is 0.306 e. The predicted molar refractivity (Wildman–Crippen MR) is 252 cm³/mol. The standard InChI is InChI=1S/C53H102O6/c1-6-9-10-11-12-13-14-15-16-17-18-22-28-33-38-43-51(54)57-46-50(47-58-52(55)44-39-34-29-25-24-27-32-37-42-49(5)8-3)59-53(56)45-40-35-30-23-20-19-21-26-31-36-41-48(4)7-2/h48-50H,6-47H2,1-5H3/t48?,49?,50-/m1/s1. The van der Waals surface area contributed by atoms with E-state index in [1.165, 1.54) is 180 Å². The highest BCUT2D eigenvalue weighted by Crippen LogP contribution is 2.18. The number of unbranched alkanes of at least 4 members (excludes halogenated alkanes) is 30. The molecule has 6 heteroatoms. The average Bonchev–Trinajstić information content (AvgIpc) is 3.23. The van der Waals surface area contributed by atoms with Crippen LogP contribution in [0.15, 0.2) is 0 Å². The first-order valence-electron chi connectivity index (χ1n) is 26.3. The Hall–Kier alpha value is -1.59. The summed E-state index contributed by atoms with van der Waals surface area (Å²) in [4.78, 5) is 38.0. The Labute approximate surface area is 368 Å². The molecule has 0 N–H and O–H groups in total. The maximum absolute atomic E-state index is 12.8. The SMILES string of the molecule is CCCCCCCCCCCCCCCCCC(=O)OC[C@H](COC(=O)CCCCCCCCCCC(C)CC)OC(=O)CCCCCCCCCCCCC(C)CC. The van der Waals surface area contributed by atoms with Gasteiger partial charge in [-0.05, 0) is 31.1 Å². The van der Waals surface area contributed by atoms with Crippen molar-refractivity contribution in [1.29, 1.82) is 0 Å². The number of rotatable bonds is 47. The van der Waals surface area contributed by atoms with Gasteiger partial charge in [0.25, 0.3) is 0 Å². The highest BCUT2D eigenvalue weighted by molar-refractivity contribution is 5.71. The first-order valence-corrected chi connectivity index (χ1v) is 26.3. The molecule has 59 heavy (non-hydrogen) atoms. The van der Waals surface area contributed by atoms with E-state index in [2.05, 4.69) is 34.6 Å². The molecule has 0 aliphatic heterocycles. The van der Waals surface area contributed by atoms with Gasteiger partial charge in [0.2, 0.25) is 0 Å². The second kappa shape index (κ2) is 45.9. The number of esters is 3. The van der Waals surface area contributed by atoms with Gasteiger partial charge in [-0.2, -0.15) is 0 Å². The van der Waals surface area contributed by atoms with Gasteiger partial charge in [0.05, 0.1) is 0 Å². The van der Waals surface area contributed by atoms with E-state index in [9.17, 15) is 14.4 Å². The lowest BCUT2D eigenvalue weighted by Crippen LogP contribution is -2.30. The molecule has 0 aromatic heterocycles. The van der Waals surface area contributed by atoms with Crippen molar-refractivity contribution in [3.8, 4) is 0 Å². The summed E-state index contributed by atoms with van der Waals surface area (Å²) in [5, 5.41) is 0. The second-order valence-corrected chi connectivity index (χ2v) is 18.6. The van der Waals surface area contributed by atoms with Crippen LogP contribution >= 0.6 is 0 Å². The largest absolute Gasteiger partial charge is 0.462 e. The molecule has 0 fully saturated rings. The minimum absolute atomic E-state index is 0.0639. The number of carbonyl (C=O) groups is 3. The molecule has 0 rings (SSSR count).